The van der Waals surface area contributed by atoms with Crippen molar-refractivity contribution in [2.24, 2.45) is 0 Å². The third-order valence-electron chi connectivity index (χ3n) is 3.00. The lowest BCUT2D eigenvalue weighted by atomic mass is 10.1. The summed E-state index contributed by atoms with van der Waals surface area (Å²) in [5, 5.41) is 9.17. The van der Waals surface area contributed by atoms with Crippen LogP contribution in [0, 0.1) is 11.3 Å². The molecule has 0 saturated carbocycles. The standard InChI is InChI=1S/C15H14N4O2/c1-19(13-6-4-3-5-10(13)8-16)14-12(15(20)21-2)7-11(17)9-18-14/h3-7,9H,17H2,1-2H3. The first-order chi connectivity index (χ1) is 10.1. The highest BCUT2D eigenvalue weighted by atomic mass is 16.5. The number of hydrogen-bond donors (Lipinski definition) is 1. The molecule has 0 atom stereocenters. The Kier molecular flexibility index (Phi) is 4.05. The number of para-hydroxylation sites is 1. The number of benzene rings is 1. The molecule has 6 heteroatoms. The van der Waals surface area contributed by atoms with E-state index in [1.807, 2.05) is 6.07 Å². The van der Waals surface area contributed by atoms with Gasteiger partial charge in [-0.1, -0.05) is 12.1 Å². The van der Waals surface area contributed by atoms with Gasteiger partial charge < -0.3 is 15.4 Å². The second-order valence-corrected chi connectivity index (χ2v) is 4.32. The molecule has 0 bridgehead atoms. The molecule has 1 aromatic heterocycles. The Balaban J connectivity index is 2.56. The number of anilines is 3. The van der Waals surface area contributed by atoms with Gasteiger partial charge in [0.05, 0.1) is 30.2 Å². The lowest BCUT2D eigenvalue weighted by molar-refractivity contribution is 0.0601. The highest BCUT2D eigenvalue weighted by Crippen LogP contribution is 2.28. The van der Waals surface area contributed by atoms with Crippen LogP contribution in [0.2, 0.25) is 0 Å². The Morgan fingerprint density at radius 2 is 2.14 bits per heavy atom. The largest absolute Gasteiger partial charge is 0.465 e. The number of pyridine rings is 1. The van der Waals surface area contributed by atoms with Crippen molar-refractivity contribution in [3.8, 4) is 6.07 Å². The molecule has 0 amide bonds. The summed E-state index contributed by atoms with van der Waals surface area (Å²) in [5.41, 5.74) is 7.40. The summed E-state index contributed by atoms with van der Waals surface area (Å²) in [6, 6.07) is 10.7. The van der Waals surface area contributed by atoms with Gasteiger partial charge >= 0.3 is 5.97 Å². The second-order valence-electron chi connectivity index (χ2n) is 4.32. The molecule has 106 valence electrons. The summed E-state index contributed by atoms with van der Waals surface area (Å²) in [6.07, 6.45) is 1.45. The van der Waals surface area contributed by atoms with E-state index in [0.717, 1.165) is 0 Å². The first kappa shape index (κ1) is 14.3. The van der Waals surface area contributed by atoms with Crippen molar-refractivity contribution in [2.75, 3.05) is 24.8 Å². The summed E-state index contributed by atoms with van der Waals surface area (Å²) in [6.45, 7) is 0. The van der Waals surface area contributed by atoms with Crippen LogP contribution in [0.25, 0.3) is 0 Å². The molecule has 0 saturated heterocycles. The fraction of sp³-hybridized carbons (Fsp3) is 0.133. The van der Waals surface area contributed by atoms with E-state index in [2.05, 4.69) is 11.1 Å². The van der Waals surface area contributed by atoms with Crippen molar-refractivity contribution >= 4 is 23.2 Å². The van der Waals surface area contributed by atoms with Gasteiger partial charge in [-0.05, 0) is 18.2 Å². The van der Waals surface area contributed by atoms with E-state index in [9.17, 15) is 10.1 Å². The van der Waals surface area contributed by atoms with Crippen LogP contribution in [-0.4, -0.2) is 25.1 Å². The maximum Gasteiger partial charge on any atom is 0.341 e. The van der Waals surface area contributed by atoms with Crippen LogP contribution in [0.15, 0.2) is 36.5 Å². The van der Waals surface area contributed by atoms with E-state index in [1.165, 1.54) is 19.4 Å². The summed E-state index contributed by atoms with van der Waals surface area (Å²) in [4.78, 5) is 17.7. The maximum absolute atomic E-state index is 11.9. The topological polar surface area (TPSA) is 92.2 Å². The van der Waals surface area contributed by atoms with Crippen molar-refractivity contribution in [3.05, 3.63) is 47.7 Å². The molecule has 2 N–H and O–H groups in total. The van der Waals surface area contributed by atoms with Crippen LogP contribution in [0.4, 0.5) is 17.2 Å². The number of nitriles is 1. The molecule has 1 heterocycles. The number of esters is 1. The van der Waals surface area contributed by atoms with Gasteiger partial charge in [-0.3, -0.25) is 0 Å². The lowest BCUT2D eigenvalue weighted by Crippen LogP contribution is -2.18. The molecular formula is C15H14N4O2. The quantitative estimate of drug-likeness (QED) is 0.866. The minimum atomic E-state index is -0.536. The summed E-state index contributed by atoms with van der Waals surface area (Å²) < 4.78 is 4.75. The Bertz CT molecular complexity index is 722. The Labute approximate surface area is 122 Å². The molecule has 0 aliphatic rings. The van der Waals surface area contributed by atoms with Crippen LogP contribution < -0.4 is 10.6 Å². The van der Waals surface area contributed by atoms with Gasteiger partial charge in [-0.2, -0.15) is 5.26 Å². The van der Waals surface area contributed by atoms with E-state index in [-0.39, 0.29) is 5.56 Å². The van der Waals surface area contributed by atoms with Crippen molar-refractivity contribution in [1.29, 1.82) is 5.26 Å². The number of methoxy groups -OCH3 is 1. The first-order valence-electron chi connectivity index (χ1n) is 6.15. The van der Waals surface area contributed by atoms with Gasteiger partial charge in [0.1, 0.15) is 17.5 Å². The fourth-order valence-corrected chi connectivity index (χ4v) is 1.98. The van der Waals surface area contributed by atoms with Crippen LogP contribution in [0.5, 0.6) is 0 Å². The third kappa shape index (κ3) is 2.77. The van der Waals surface area contributed by atoms with Crippen molar-refractivity contribution in [3.63, 3.8) is 0 Å². The van der Waals surface area contributed by atoms with Gasteiger partial charge in [0.15, 0.2) is 0 Å². The zero-order valence-electron chi connectivity index (χ0n) is 11.7. The number of rotatable bonds is 3. The molecule has 0 aliphatic carbocycles. The zero-order valence-corrected chi connectivity index (χ0v) is 11.7. The van der Waals surface area contributed by atoms with Crippen molar-refractivity contribution in [1.82, 2.24) is 4.98 Å². The van der Waals surface area contributed by atoms with Gasteiger partial charge in [0, 0.05) is 7.05 Å². The lowest BCUT2D eigenvalue weighted by Gasteiger charge is -2.21. The Morgan fingerprint density at radius 3 is 2.81 bits per heavy atom. The van der Waals surface area contributed by atoms with E-state index in [1.54, 1.807) is 30.1 Å². The maximum atomic E-state index is 11.9. The number of ether oxygens (including phenoxy) is 1. The Hall–Kier alpha value is -3.07. The Morgan fingerprint density at radius 1 is 1.43 bits per heavy atom. The van der Waals surface area contributed by atoms with Gasteiger partial charge in [-0.15, -0.1) is 0 Å². The number of carbonyl (C=O) groups is 1. The average molecular weight is 282 g/mol. The van der Waals surface area contributed by atoms with Crippen LogP contribution >= 0.6 is 0 Å². The summed E-state index contributed by atoms with van der Waals surface area (Å²) in [7, 11) is 3.01. The molecule has 21 heavy (non-hydrogen) atoms. The SMILES string of the molecule is COC(=O)c1cc(N)cnc1N(C)c1ccccc1C#N. The number of hydrogen-bond acceptors (Lipinski definition) is 6. The average Bonchev–Trinajstić information content (AvgIpc) is 2.53. The molecule has 0 radical (unpaired) electrons. The minimum Gasteiger partial charge on any atom is -0.465 e. The third-order valence-corrected chi connectivity index (χ3v) is 3.00. The molecule has 0 aliphatic heterocycles. The number of nitrogens with two attached hydrogens (primary N) is 1. The highest BCUT2D eigenvalue weighted by molar-refractivity contribution is 5.96. The molecule has 0 unspecified atom stereocenters. The number of nitrogens with zero attached hydrogens (tertiary/aromatic N) is 3. The van der Waals surface area contributed by atoms with E-state index in [4.69, 9.17) is 10.5 Å². The summed E-state index contributed by atoms with van der Waals surface area (Å²) in [5.74, 6) is -0.162. The van der Waals surface area contributed by atoms with Gasteiger partial charge in [0.2, 0.25) is 0 Å². The number of carbonyl (C=O) groups excluding carboxylic acids is 1. The fourth-order valence-electron chi connectivity index (χ4n) is 1.98. The normalized spacial score (nSPS) is 9.76. The number of aromatic nitrogens is 1. The molecule has 6 nitrogen and oxygen atoms in total. The highest BCUT2D eigenvalue weighted by Gasteiger charge is 2.19. The first-order valence-corrected chi connectivity index (χ1v) is 6.15. The zero-order chi connectivity index (χ0) is 15.4. The van der Waals surface area contributed by atoms with Crippen LogP contribution in [0.3, 0.4) is 0 Å². The van der Waals surface area contributed by atoms with Crippen LogP contribution in [0.1, 0.15) is 15.9 Å². The minimum absolute atomic E-state index is 0.243. The summed E-state index contributed by atoms with van der Waals surface area (Å²) >= 11 is 0. The molecule has 2 aromatic rings. The predicted molar refractivity (Wildman–Crippen MR) is 79.2 cm³/mol. The van der Waals surface area contributed by atoms with E-state index >= 15 is 0 Å². The molecule has 0 spiro atoms. The molecular weight excluding hydrogens is 268 g/mol. The monoisotopic (exact) mass is 282 g/mol. The van der Waals surface area contributed by atoms with Gasteiger partial charge in [-0.25, -0.2) is 9.78 Å². The van der Waals surface area contributed by atoms with Crippen molar-refractivity contribution in [2.45, 2.75) is 0 Å². The molecule has 0 fully saturated rings. The van der Waals surface area contributed by atoms with E-state index in [0.29, 0.717) is 22.8 Å². The predicted octanol–water partition coefficient (Wildman–Crippen LogP) is 2.09. The second kappa shape index (κ2) is 5.92. The van der Waals surface area contributed by atoms with Crippen LogP contribution in [-0.2, 0) is 4.74 Å². The van der Waals surface area contributed by atoms with E-state index < -0.39 is 5.97 Å². The van der Waals surface area contributed by atoms with Gasteiger partial charge in [0.25, 0.3) is 0 Å². The molecule has 1 aromatic carbocycles. The molecule has 2 rings (SSSR count). The number of nitrogen functional groups attached to an aromatic ring is 1. The smallest absolute Gasteiger partial charge is 0.341 e. The van der Waals surface area contributed by atoms with Crippen molar-refractivity contribution < 1.29 is 9.53 Å².